The molecule has 0 N–H and O–H groups in total. The number of hydrogen-bond donors (Lipinski definition) is 0. The Morgan fingerprint density at radius 3 is 2.65 bits per heavy atom. The number of rotatable bonds is 2. The predicted molar refractivity (Wildman–Crippen MR) is 83.2 cm³/mol. The van der Waals surface area contributed by atoms with Crippen LogP contribution in [0.4, 0.5) is 4.39 Å². The van der Waals surface area contributed by atoms with Gasteiger partial charge >= 0.3 is 0 Å². The normalized spacial score (nSPS) is 10.8. The van der Waals surface area contributed by atoms with Gasteiger partial charge in [0.25, 0.3) is 0 Å². The van der Waals surface area contributed by atoms with Gasteiger partial charge in [0.15, 0.2) is 5.82 Å². The minimum atomic E-state index is -0.347. The highest BCUT2D eigenvalue weighted by atomic mass is 79.9. The van der Waals surface area contributed by atoms with Crippen LogP contribution in [0.5, 0.6) is 0 Å². The van der Waals surface area contributed by atoms with Crippen LogP contribution >= 0.6 is 27.3 Å². The third-order valence-electron chi connectivity index (χ3n) is 2.89. The van der Waals surface area contributed by atoms with Gasteiger partial charge < -0.3 is 0 Å². The van der Waals surface area contributed by atoms with E-state index in [0.717, 1.165) is 20.6 Å². The largest absolute Gasteiger partial charge is 0.251 e. The van der Waals surface area contributed by atoms with Crippen molar-refractivity contribution in [3.05, 3.63) is 57.8 Å². The Bertz CT molecular complexity index is 770. The standard InChI is InChI=1S/C15H10BrFN2S/c1-9-13(10-5-2-3-6-11(10)16)19-15(20-9)14-12(17)7-4-8-18-14/h2-8H,1H3. The highest BCUT2D eigenvalue weighted by Crippen LogP contribution is 2.36. The number of aromatic nitrogens is 2. The van der Waals surface area contributed by atoms with Crippen LogP contribution in [0.3, 0.4) is 0 Å². The van der Waals surface area contributed by atoms with Crippen LogP contribution in [0.2, 0.25) is 0 Å². The SMILES string of the molecule is Cc1sc(-c2ncccc2F)nc1-c1ccccc1Br. The topological polar surface area (TPSA) is 25.8 Å². The molecule has 3 rings (SSSR count). The summed E-state index contributed by atoms with van der Waals surface area (Å²) in [4.78, 5) is 9.68. The third-order valence-corrected chi connectivity index (χ3v) is 4.56. The molecule has 0 saturated heterocycles. The summed E-state index contributed by atoms with van der Waals surface area (Å²) in [6, 6.07) is 10.8. The summed E-state index contributed by atoms with van der Waals surface area (Å²) in [5, 5.41) is 0.603. The number of aryl methyl sites for hydroxylation is 1. The molecule has 100 valence electrons. The van der Waals surface area contributed by atoms with Crippen LogP contribution in [0.25, 0.3) is 22.0 Å². The molecule has 20 heavy (non-hydrogen) atoms. The highest BCUT2D eigenvalue weighted by Gasteiger charge is 2.16. The molecule has 0 aliphatic rings. The summed E-state index contributed by atoms with van der Waals surface area (Å²) in [6.07, 6.45) is 1.58. The maximum Gasteiger partial charge on any atom is 0.151 e. The molecule has 0 fully saturated rings. The third kappa shape index (κ3) is 2.39. The molecule has 0 atom stereocenters. The van der Waals surface area contributed by atoms with Crippen molar-refractivity contribution in [1.82, 2.24) is 9.97 Å². The van der Waals surface area contributed by atoms with Crippen LogP contribution in [-0.2, 0) is 0 Å². The maximum atomic E-state index is 13.8. The number of benzene rings is 1. The highest BCUT2D eigenvalue weighted by molar-refractivity contribution is 9.10. The quantitative estimate of drug-likeness (QED) is 0.645. The molecule has 3 aromatic rings. The molecule has 0 amide bonds. The van der Waals surface area contributed by atoms with E-state index in [-0.39, 0.29) is 5.82 Å². The first-order valence-corrected chi connectivity index (χ1v) is 7.61. The van der Waals surface area contributed by atoms with E-state index in [1.807, 2.05) is 31.2 Å². The lowest BCUT2D eigenvalue weighted by molar-refractivity contribution is 0.625. The van der Waals surface area contributed by atoms with Gasteiger partial charge in [-0.1, -0.05) is 34.1 Å². The molecular weight excluding hydrogens is 339 g/mol. The Kier molecular flexibility index (Phi) is 3.63. The van der Waals surface area contributed by atoms with E-state index in [9.17, 15) is 4.39 Å². The van der Waals surface area contributed by atoms with E-state index in [0.29, 0.717) is 10.7 Å². The molecule has 0 aliphatic heterocycles. The molecule has 0 aliphatic carbocycles. The van der Waals surface area contributed by atoms with Crippen molar-refractivity contribution in [2.45, 2.75) is 6.92 Å². The fourth-order valence-electron chi connectivity index (χ4n) is 1.94. The minimum Gasteiger partial charge on any atom is -0.251 e. The Balaban J connectivity index is 2.13. The van der Waals surface area contributed by atoms with Gasteiger partial charge in [-0.15, -0.1) is 11.3 Å². The molecule has 2 nitrogen and oxygen atoms in total. The average Bonchev–Trinajstić information content (AvgIpc) is 2.81. The van der Waals surface area contributed by atoms with Crippen molar-refractivity contribution in [2.24, 2.45) is 0 Å². The molecule has 0 bridgehead atoms. The zero-order chi connectivity index (χ0) is 14.1. The van der Waals surface area contributed by atoms with E-state index in [1.165, 1.54) is 17.4 Å². The number of pyridine rings is 1. The fourth-order valence-corrected chi connectivity index (χ4v) is 3.34. The summed E-state index contributed by atoms with van der Waals surface area (Å²) < 4.78 is 14.8. The van der Waals surface area contributed by atoms with E-state index in [2.05, 4.69) is 25.9 Å². The van der Waals surface area contributed by atoms with Gasteiger partial charge in [0.1, 0.15) is 10.7 Å². The molecule has 1 aromatic carbocycles. The first-order chi connectivity index (χ1) is 9.66. The fraction of sp³-hybridized carbons (Fsp3) is 0.0667. The van der Waals surface area contributed by atoms with Crippen LogP contribution < -0.4 is 0 Å². The first-order valence-electron chi connectivity index (χ1n) is 6.00. The summed E-state index contributed by atoms with van der Waals surface area (Å²) in [7, 11) is 0. The average molecular weight is 349 g/mol. The zero-order valence-electron chi connectivity index (χ0n) is 10.6. The van der Waals surface area contributed by atoms with Gasteiger partial charge in [-0.2, -0.15) is 0 Å². The molecular formula is C15H10BrFN2S. The molecule has 0 saturated carbocycles. The maximum absolute atomic E-state index is 13.8. The Labute approximate surface area is 128 Å². The number of hydrogen-bond acceptors (Lipinski definition) is 3. The van der Waals surface area contributed by atoms with Crippen molar-refractivity contribution >= 4 is 27.3 Å². The number of halogens is 2. The second-order valence-corrected chi connectivity index (χ2v) is 6.30. The van der Waals surface area contributed by atoms with Gasteiger partial charge in [-0.25, -0.2) is 9.37 Å². The van der Waals surface area contributed by atoms with Crippen molar-refractivity contribution in [1.29, 1.82) is 0 Å². The first kappa shape index (κ1) is 13.4. The number of thiazole rings is 1. The molecule has 0 unspecified atom stereocenters. The van der Waals surface area contributed by atoms with Crippen molar-refractivity contribution in [3.8, 4) is 22.0 Å². The lowest BCUT2D eigenvalue weighted by Crippen LogP contribution is -1.88. The van der Waals surface area contributed by atoms with E-state index in [4.69, 9.17) is 0 Å². The molecule has 5 heteroatoms. The molecule has 2 aromatic heterocycles. The van der Waals surface area contributed by atoms with Gasteiger partial charge in [-0.3, -0.25) is 4.98 Å². The lowest BCUT2D eigenvalue weighted by atomic mass is 10.1. The summed E-state index contributed by atoms with van der Waals surface area (Å²) in [6.45, 7) is 1.98. The number of nitrogens with zero attached hydrogens (tertiary/aromatic N) is 2. The Hall–Kier alpha value is -1.59. The second-order valence-electron chi connectivity index (χ2n) is 4.24. The second kappa shape index (κ2) is 5.42. The predicted octanol–water partition coefficient (Wildman–Crippen LogP) is 5.08. The molecule has 2 heterocycles. The Morgan fingerprint density at radius 2 is 1.90 bits per heavy atom. The van der Waals surface area contributed by atoms with E-state index >= 15 is 0 Å². The van der Waals surface area contributed by atoms with Gasteiger partial charge in [0.05, 0.1) is 5.69 Å². The smallest absolute Gasteiger partial charge is 0.151 e. The van der Waals surface area contributed by atoms with E-state index in [1.54, 1.807) is 12.3 Å². The van der Waals surface area contributed by atoms with Crippen LogP contribution in [0, 0.1) is 12.7 Å². The summed E-state index contributed by atoms with van der Waals surface area (Å²) >= 11 is 4.97. The van der Waals surface area contributed by atoms with Crippen LogP contribution in [-0.4, -0.2) is 9.97 Å². The molecule has 0 radical (unpaired) electrons. The van der Waals surface area contributed by atoms with Crippen molar-refractivity contribution in [3.63, 3.8) is 0 Å². The van der Waals surface area contributed by atoms with Gasteiger partial charge in [0.2, 0.25) is 0 Å². The van der Waals surface area contributed by atoms with Crippen LogP contribution in [0.1, 0.15) is 4.88 Å². The monoisotopic (exact) mass is 348 g/mol. The lowest BCUT2D eigenvalue weighted by Gasteiger charge is -2.01. The van der Waals surface area contributed by atoms with Crippen LogP contribution in [0.15, 0.2) is 47.1 Å². The van der Waals surface area contributed by atoms with Gasteiger partial charge in [0, 0.05) is 21.1 Å². The van der Waals surface area contributed by atoms with E-state index < -0.39 is 0 Å². The summed E-state index contributed by atoms with van der Waals surface area (Å²) in [5.74, 6) is -0.347. The van der Waals surface area contributed by atoms with Gasteiger partial charge in [-0.05, 0) is 25.1 Å². The summed E-state index contributed by atoms with van der Waals surface area (Å²) in [5.41, 5.74) is 2.17. The minimum absolute atomic E-state index is 0.305. The van der Waals surface area contributed by atoms with Crippen molar-refractivity contribution < 1.29 is 4.39 Å². The Morgan fingerprint density at radius 1 is 1.10 bits per heavy atom. The molecule has 0 spiro atoms. The zero-order valence-corrected chi connectivity index (χ0v) is 13.0. The van der Waals surface area contributed by atoms with Crippen molar-refractivity contribution in [2.75, 3.05) is 0 Å².